The third-order valence-electron chi connectivity index (χ3n) is 7.65. The average molecular weight is 446 g/mol. The summed E-state index contributed by atoms with van der Waals surface area (Å²) in [5.41, 5.74) is 9.87. The minimum Gasteiger partial charge on any atom is -0.372 e. The van der Waals surface area contributed by atoms with Crippen molar-refractivity contribution in [2.45, 2.75) is 77.7 Å². The summed E-state index contributed by atoms with van der Waals surface area (Å²) < 4.78 is 31.0. The van der Waals surface area contributed by atoms with E-state index in [4.69, 9.17) is 29.2 Å². The summed E-state index contributed by atoms with van der Waals surface area (Å²) in [5, 5.41) is 3.94. The van der Waals surface area contributed by atoms with Crippen LogP contribution in [0, 0.1) is 23.7 Å². The molecule has 1 aromatic rings. The summed E-state index contributed by atoms with van der Waals surface area (Å²) in [6.45, 7) is 11.5. The zero-order chi connectivity index (χ0) is 22.8. The smallest absolute Gasteiger partial charge is 0.184 e. The minimum atomic E-state index is -0.364. The number of ether oxygens (including phenoxy) is 5. The van der Waals surface area contributed by atoms with E-state index in [-0.39, 0.29) is 66.7 Å². The molecule has 0 amide bonds. The second-order valence-electron chi connectivity index (χ2n) is 9.56. The molecule has 0 bridgehead atoms. The molecule has 176 valence electrons. The number of azide groups is 1. The first-order valence-corrected chi connectivity index (χ1v) is 11.7. The highest BCUT2D eigenvalue weighted by atomic mass is 16.7. The molecule has 5 unspecified atom stereocenters. The van der Waals surface area contributed by atoms with Crippen LogP contribution in [0.15, 0.2) is 35.4 Å². The molecule has 0 radical (unpaired) electrons. The van der Waals surface area contributed by atoms with Gasteiger partial charge in [-0.1, -0.05) is 63.1 Å². The number of rotatable bonds is 5. The second-order valence-corrected chi connectivity index (χ2v) is 9.56. The van der Waals surface area contributed by atoms with Gasteiger partial charge >= 0.3 is 0 Å². The van der Waals surface area contributed by atoms with E-state index >= 15 is 0 Å². The normalized spacial score (nSPS) is 44.3. The SMILES string of the molecule is CC1[C@H](OCC2O[C@@H](C)C(N=[N+]=[N-])[C@@H](C)[C@@H]2C)OC2COC(c3ccccc3)O[C@H]2[C@@H]1C. The number of hydrogen-bond acceptors (Lipinski definition) is 6. The second kappa shape index (κ2) is 10.1. The minimum absolute atomic E-state index is 0.0432. The van der Waals surface area contributed by atoms with E-state index in [1.54, 1.807) is 0 Å². The molecule has 11 atom stereocenters. The Morgan fingerprint density at radius 2 is 1.72 bits per heavy atom. The molecule has 3 fully saturated rings. The van der Waals surface area contributed by atoms with Gasteiger partial charge in [-0.15, -0.1) is 0 Å². The molecule has 0 spiro atoms. The fraction of sp³-hybridized carbons (Fsp3) is 0.750. The monoisotopic (exact) mass is 445 g/mol. The Kier molecular flexibility index (Phi) is 7.40. The van der Waals surface area contributed by atoms with Crippen LogP contribution < -0.4 is 0 Å². The zero-order valence-corrected chi connectivity index (χ0v) is 19.5. The van der Waals surface area contributed by atoms with Crippen LogP contribution in [0.25, 0.3) is 10.4 Å². The molecule has 3 aliphatic heterocycles. The maximum Gasteiger partial charge on any atom is 0.184 e. The third-order valence-corrected chi connectivity index (χ3v) is 7.65. The molecule has 1 aromatic carbocycles. The topological polar surface area (TPSA) is 94.9 Å². The van der Waals surface area contributed by atoms with E-state index in [9.17, 15) is 0 Å². The Labute approximate surface area is 190 Å². The predicted molar refractivity (Wildman–Crippen MR) is 119 cm³/mol. The summed E-state index contributed by atoms with van der Waals surface area (Å²) in [7, 11) is 0. The van der Waals surface area contributed by atoms with E-state index < -0.39 is 0 Å². The molecular formula is C24H35N3O5. The van der Waals surface area contributed by atoms with Gasteiger partial charge in [0.15, 0.2) is 12.6 Å². The van der Waals surface area contributed by atoms with Gasteiger partial charge in [0.05, 0.1) is 37.6 Å². The predicted octanol–water partition coefficient (Wildman–Crippen LogP) is 4.85. The molecule has 3 heterocycles. The van der Waals surface area contributed by atoms with Gasteiger partial charge in [0.1, 0.15) is 6.10 Å². The first-order chi connectivity index (χ1) is 15.4. The van der Waals surface area contributed by atoms with Crippen molar-refractivity contribution < 1.29 is 23.7 Å². The van der Waals surface area contributed by atoms with E-state index in [1.165, 1.54) is 0 Å². The number of fused-ring (bicyclic) bond motifs is 1. The first-order valence-electron chi connectivity index (χ1n) is 11.7. The van der Waals surface area contributed by atoms with Gasteiger partial charge in [0, 0.05) is 16.4 Å². The molecule has 0 aromatic heterocycles. The van der Waals surface area contributed by atoms with E-state index in [0.717, 1.165) is 5.56 Å². The highest BCUT2D eigenvalue weighted by Gasteiger charge is 2.47. The van der Waals surface area contributed by atoms with Crippen LogP contribution in [0.5, 0.6) is 0 Å². The van der Waals surface area contributed by atoms with Gasteiger partial charge < -0.3 is 23.7 Å². The van der Waals surface area contributed by atoms with Crippen molar-refractivity contribution in [3.05, 3.63) is 46.3 Å². The van der Waals surface area contributed by atoms with Gasteiger partial charge in [0.25, 0.3) is 0 Å². The lowest BCUT2D eigenvalue weighted by Gasteiger charge is -2.48. The Bertz CT molecular complexity index is 802. The van der Waals surface area contributed by atoms with Crippen LogP contribution in [-0.4, -0.2) is 50.0 Å². The number of nitrogens with zero attached hydrogens (tertiary/aromatic N) is 3. The van der Waals surface area contributed by atoms with Crippen LogP contribution in [0.3, 0.4) is 0 Å². The van der Waals surface area contributed by atoms with Crippen molar-refractivity contribution in [2.75, 3.05) is 13.2 Å². The molecule has 4 rings (SSSR count). The van der Waals surface area contributed by atoms with Crippen LogP contribution >= 0.6 is 0 Å². The van der Waals surface area contributed by atoms with E-state index in [0.29, 0.717) is 13.2 Å². The van der Waals surface area contributed by atoms with Crippen LogP contribution in [0.2, 0.25) is 0 Å². The zero-order valence-electron chi connectivity index (χ0n) is 19.5. The maximum atomic E-state index is 8.85. The average Bonchev–Trinajstić information content (AvgIpc) is 2.81. The van der Waals surface area contributed by atoms with E-state index in [2.05, 4.69) is 37.7 Å². The molecule has 0 aliphatic carbocycles. The van der Waals surface area contributed by atoms with E-state index in [1.807, 2.05) is 37.3 Å². The Balaban J connectivity index is 1.35. The van der Waals surface area contributed by atoms with Crippen molar-refractivity contribution in [3.8, 4) is 0 Å². The van der Waals surface area contributed by atoms with Gasteiger partial charge in [-0.05, 0) is 30.2 Å². The molecule has 0 saturated carbocycles. The van der Waals surface area contributed by atoms with Gasteiger partial charge in [-0.25, -0.2) is 0 Å². The molecule has 8 nitrogen and oxygen atoms in total. The quantitative estimate of drug-likeness (QED) is 0.367. The summed E-state index contributed by atoms with van der Waals surface area (Å²) in [6, 6.07) is 9.86. The Morgan fingerprint density at radius 3 is 2.44 bits per heavy atom. The summed E-state index contributed by atoms with van der Waals surface area (Å²) in [4.78, 5) is 2.99. The molecule has 32 heavy (non-hydrogen) atoms. The van der Waals surface area contributed by atoms with Crippen molar-refractivity contribution in [3.63, 3.8) is 0 Å². The molecule has 0 N–H and O–H groups in total. The molecule has 8 heteroatoms. The molecule has 3 saturated heterocycles. The Morgan fingerprint density at radius 1 is 0.969 bits per heavy atom. The van der Waals surface area contributed by atoms with Crippen molar-refractivity contribution in [1.29, 1.82) is 0 Å². The van der Waals surface area contributed by atoms with Gasteiger partial charge in [0.2, 0.25) is 0 Å². The largest absolute Gasteiger partial charge is 0.372 e. The fourth-order valence-corrected chi connectivity index (χ4v) is 5.14. The van der Waals surface area contributed by atoms with Crippen LogP contribution in [0.1, 0.15) is 46.5 Å². The molecule has 3 aliphatic rings. The highest BCUT2D eigenvalue weighted by Crippen LogP contribution is 2.40. The highest BCUT2D eigenvalue weighted by molar-refractivity contribution is 5.16. The summed E-state index contributed by atoms with van der Waals surface area (Å²) in [5.74, 6) is 0.839. The van der Waals surface area contributed by atoms with Crippen molar-refractivity contribution in [1.82, 2.24) is 0 Å². The van der Waals surface area contributed by atoms with Crippen LogP contribution in [-0.2, 0) is 23.7 Å². The first kappa shape index (κ1) is 23.5. The van der Waals surface area contributed by atoms with Crippen LogP contribution in [0.4, 0.5) is 0 Å². The summed E-state index contributed by atoms with van der Waals surface area (Å²) in [6.07, 6.45) is -1.13. The maximum absolute atomic E-state index is 8.85. The summed E-state index contributed by atoms with van der Waals surface area (Å²) >= 11 is 0. The Hall–Kier alpha value is -1.67. The lowest BCUT2D eigenvalue weighted by atomic mass is 9.80. The van der Waals surface area contributed by atoms with Crippen molar-refractivity contribution >= 4 is 0 Å². The lowest BCUT2D eigenvalue weighted by molar-refractivity contribution is -0.345. The standard InChI is InChI=1S/C24H35N3O5/c1-13-14(2)21(26-27-25)17(5)30-19(13)11-28-23-16(4)15(3)22-20(31-23)12-29-24(32-22)18-9-7-6-8-10-18/h6-10,13-17,19-24H,11-12H2,1-5H3/t13-,14-,15+,16?,17-,19?,20?,21?,22-,23+,24?/m0/s1. The number of hydrogen-bond donors (Lipinski definition) is 0. The third kappa shape index (κ3) is 4.67. The van der Waals surface area contributed by atoms with Gasteiger partial charge in [-0.2, -0.15) is 0 Å². The molecular weight excluding hydrogens is 410 g/mol. The van der Waals surface area contributed by atoms with Gasteiger partial charge in [-0.3, -0.25) is 0 Å². The fourth-order valence-electron chi connectivity index (χ4n) is 5.14. The van der Waals surface area contributed by atoms with Crippen molar-refractivity contribution in [2.24, 2.45) is 28.8 Å². The number of benzene rings is 1. The lowest BCUT2D eigenvalue weighted by Crippen LogP contribution is -2.56.